The molecule has 2 nitrogen and oxygen atoms in total. The van der Waals surface area contributed by atoms with Gasteiger partial charge in [0.1, 0.15) is 5.75 Å². The Balaban J connectivity index is 3.25. The number of hydrogen-bond donors (Lipinski definition) is 0. The molecule has 1 aromatic rings. The minimum Gasteiger partial charge on any atom is -0.495 e. The molecule has 0 saturated heterocycles. The van der Waals surface area contributed by atoms with Gasteiger partial charge in [-0.3, -0.25) is 0 Å². The van der Waals surface area contributed by atoms with Crippen molar-refractivity contribution in [1.82, 2.24) is 4.98 Å². The zero-order chi connectivity index (χ0) is 10.0. The third-order valence-electron chi connectivity index (χ3n) is 1.69. The monoisotopic (exact) mass is 203 g/mol. The number of aromatic nitrogens is 1. The predicted octanol–water partition coefficient (Wildman–Crippen LogP) is 3.01. The summed E-state index contributed by atoms with van der Waals surface area (Å²) in [7, 11) is 1.48. The molecule has 0 aromatic carbocycles. The van der Waals surface area contributed by atoms with Crippen LogP contribution in [-0.4, -0.2) is 12.1 Å². The molecule has 0 bridgehead atoms. The van der Waals surface area contributed by atoms with E-state index in [-0.39, 0.29) is 11.1 Å². The van der Waals surface area contributed by atoms with E-state index in [9.17, 15) is 4.39 Å². The van der Waals surface area contributed by atoms with E-state index < -0.39 is 5.82 Å². The Bertz CT molecular complexity index is 315. The molecular formula is C9H11ClFNO. The zero-order valence-electron chi connectivity index (χ0n) is 7.77. The average Bonchev–Trinajstić information content (AvgIpc) is 2.08. The molecular weight excluding hydrogens is 193 g/mol. The van der Waals surface area contributed by atoms with E-state index in [1.54, 1.807) is 0 Å². The van der Waals surface area contributed by atoms with Crippen LogP contribution < -0.4 is 4.74 Å². The highest BCUT2D eigenvalue weighted by Gasteiger charge is 2.13. The third kappa shape index (κ3) is 2.10. The Morgan fingerprint density at radius 1 is 1.54 bits per heavy atom. The Morgan fingerprint density at radius 2 is 2.15 bits per heavy atom. The summed E-state index contributed by atoms with van der Waals surface area (Å²) in [4.78, 5) is 3.91. The number of ether oxygens (including phenoxy) is 1. The Kier molecular flexibility index (Phi) is 3.09. The summed E-state index contributed by atoms with van der Waals surface area (Å²) >= 11 is 5.55. The lowest BCUT2D eigenvalue weighted by Crippen LogP contribution is -1.99. The molecule has 0 unspecified atom stereocenters. The number of hydrogen-bond acceptors (Lipinski definition) is 2. The predicted molar refractivity (Wildman–Crippen MR) is 49.8 cm³/mol. The van der Waals surface area contributed by atoms with Gasteiger partial charge in [-0.2, -0.15) is 0 Å². The summed E-state index contributed by atoms with van der Waals surface area (Å²) in [6.45, 7) is 3.89. The fourth-order valence-corrected chi connectivity index (χ4v) is 1.19. The minimum absolute atomic E-state index is 0.107. The topological polar surface area (TPSA) is 22.1 Å². The van der Waals surface area contributed by atoms with Gasteiger partial charge >= 0.3 is 0 Å². The van der Waals surface area contributed by atoms with Crippen molar-refractivity contribution < 1.29 is 9.13 Å². The highest BCUT2D eigenvalue weighted by molar-refractivity contribution is 6.29. The molecule has 0 spiro atoms. The van der Waals surface area contributed by atoms with Crippen molar-refractivity contribution in [3.05, 3.63) is 22.7 Å². The van der Waals surface area contributed by atoms with Gasteiger partial charge in [0.05, 0.1) is 12.8 Å². The average molecular weight is 204 g/mol. The van der Waals surface area contributed by atoms with Crippen LogP contribution in [0.25, 0.3) is 0 Å². The second kappa shape index (κ2) is 3.92. The molecule has 13 heavy (non-hydrogen) atoms. The van der Waals surface area contributed by atoms with Gasteiger partial charge in [0, 0.05) is 6.07 Å². The quantitative estimate of drug-likeness (QED) is 0.690. The van der Waals surface area contributed by atoms with Crippen LogP contribution in [0.1, 0.15) is 25.5 Å². The lowest BCUT2D eigenvalue weighted by atomic mass is 10.1. The first kappa shape index (κ1) is 10.3. The first-order valence-corrected chi connectivity index (χ1v) is 4.34. The second-order valence-electron chi connectivity index (χ2n) is 3.00. The summed E-state index contributed by atoms with van der Waals surface area (Å²) in [6.07, 6.45) is 0. The van der Waals surface area contributed by atoms with Gasteiger partial charge in [0.2, 0.25) is 0 Å². The van der Waals surface area contributed by atoms with Crippen LogP contribution in [0.3, 0.4) is 0 Å². The van der Waals surface area contributed by atoms with Crippen molar-refractivity contribution >= 4 is 11.6 Å². The minimum atomic E-state index is -0.553. The van der Waals surface area contributed by atoms with E-state index in [1.807, 2.05) is 13.8 Å². The summed E-state index contributed by atoms with van der Waals surface area (Å²) in [5.41, 5.74) is 0.675. The standard InChI is InChI=1S/C9H11ClFNO/c1-5(2)8-7(13-3)4-6(11)9(10)12-8/h4-5H,1-3H3. The lowest BCUT2D eigenvalue weighted by molar-refractivity contribution is 0.400. The van der Waals surface area contributed by atoms with Crippen molar-refractivity contribution in [3.8, 4) is 5.75 Å². The van der Waals surface area contributed by atoms with Crippen LogP contribution in [0.5, 0.6) is 5.75 Å². The van der Waals surface area contributed by atoms with Crippen LogP contribution >= 0.6 is 11.6 Å². The molecule has 0 amide bonds. The first-order valence-electron chi connectivity index (χ1n) is 3.96. The molecule has 1 aromatic heterocycles. The van der Waals surface area contributed by atoms with Crippen molar-refractivity contribution in [2.75, 3.05) is 7.11 Å². The highest BCUT2D eigenvalue weighted by atomic mass is 35.5. The smallest absolute Gasteiger partial charge is 0.165 e. The normalized spacial score (nSPS) is 10.6. The molecule has 72 valence electrons. The van der Waals surface area contributed by atoms with Gasteiger partial charge in [0.15, 0.2) is 11.0 Å². The van der Waals surface area contributed by atoms with E-state index in [0.717, 1.165) is 0 Å². The summed E-state index contributed by atoms with van der Waals surface area (Å²) in [5.74, 6) is 0.0490. The van der Waals surface area contributed by atoms with Gasteiger partial charge in [-0.1, -0.05) is 25.4 Å². The van der Waals surface area contributed by atoms with Gasteiger partial charge in [-0.15, -0.1) is 0 Å². The van der Waals surface area contributed by atoms with Crippen LogP contribution in [0.2, 0.25) is 5.15 Å². The molecule has 1 rings (SSSR count). The maximum atomic E-state index is 12.9. The SMILES string of the molecule is COc1cc(F)c(Cl)nc1C(C)C. The van der Waals surface area contributed by atoms with Gasteiger partial charge in [0.25, 0.3) is 0 Å². The maximum Gasteiger partial charge on any atom is 0.165 e. The molecule has 4 heteroatoms. The number of rotatable bonds is 2. The van der Waals surface area contributed by atoms with E-state index in [2.05, 4.69) is 4.98 Å². The van der Waals surface area contributed by atoms with E-state index >= 15 is 0 Å². The zero-order valence-corrected chi connectivity index (χ0v) is 8.52. The van der Waals surface area contributed by atoms with Gasteiger partial charge < -0.3 is 4.74 Å². The molecule has 0 atom stereocenters. The molecule has 0 aliphatic carbocycles. The molecule has 0 aliphatic rings. The van der Waals surface area contributed by atoms with Crippen LogP contribution in [0.15, 0.2) is 6.07 Å². The number of methoxy groups -OCH3 is 1. The fourth-order valence-electron chi connectivity index (χ4n) is 1.04. The number of nitrogens with zero attached hydrogens (tertiary/aromatic N) is 1. The number of pyridine rings is 1. The fraction of sp³-hybridized carbons (Fsp3) is 0.444. The first-order chi connectivity index (χ1) is 6.06. The molecule has 0 aliphatic heterocycles. The van der Waals surface area contributed by atoms with Crippen LogP contribution in [-0.2, 0) is 0 Å². The van der Waals surface area contributed by atoms with Crippen LogP contribution in [0.4, 0.5) is 4.39 Å². The Morgan fingerprint density at radius 3 is 2.62 bits per heavy atom. The van der Waals surface area contributed by atoms with E-state index in [4.69, 9.17) is 16.3 Å². The Labute approximate surface area is 81.7 Å². The van der Waals surface area contributed by atoms with Gasteiger partial charge in [-0.05, 0) is 5.92 Å². The van der Waals surface area contributed by atoms with Crippen LogP contribution in [0, 0.1) is 5.82 Å². The summed E-state index contributed by atoms with van der Waals surface area (Å²) in [6, 6.07) is 1.25. The molecule has 0 radical (unpaired) electrons. The highest BCUT2D eigenvalue weighted by Crippen LogP contribution is 2.27. The molecule has 0 N–H and O–H groups in total. The molecule has 1 heterocycles. The lowest BCUT2D eigenvalue weighted by Gasteiger charge is -2.10. The van der Waals surface area contributed by atoms with Gasteiger partial charge in [-0.25, -0.2) is 9.37 Å². The maximum absolute atomic E-state index is 12.9. The second-order valence-corrected chi connectivity index (χ2v) is 3.36. The number of halogens is 2. The van der Waals surface area contributed by atoms with Crippen molar-refractivity contribution in [2.24, 2.45) is 0 Å². The van der Waals surface area contributed by atoms with E-state index in [0.29, 0.717) is 11.4 Å². The summed E-state index contributed by atoms with van der Waals surface area (Å²) < 4.78 is 17.9. The third-order valence-corrected chi connectivity index (χ3v) is 1.96. The molecule has 0 saturated carbocycles. The molecule has 0 fully saturated rings. The van der Waals surface area contributed by atoms with Crippen molar-refractivity contribution in [3.63, 3.8) is 0 Å². The Hall–Kier alpha value is -0.830. The van der Waals surface area contributed by atoms with Crippen molar-refractivity contribution in [1.29, 1.82) is 0 Å². The largest absolute Gasteiger partial charge is 0.495 e. The van der Waals surface area contributed by atoms with E-state index in [1.165, 1.54) is 13.2 Å². The summed E-state index contributed by atoms with van der Waals surface area (Å²) in [5, 5.41) is -0.107. The van der Waals surface area contributed by atoms with Crippen molar-refractivity contribution in [2.45, 2.75) is 19.8 Å².